The third-order valence-electron chi connectivity index (χ3n) is 3.59. The van der Waals surface area contributed by atoms with E-state index in [2.05, 4.69) is 10.3 Å². The van der Waals surface area contributed by atoms with Crippen molar-refractivity contribution in [1.82, 2.24) is 10.3 Å². The summed E-state index contributed by atoms with van der Waals surface area (Å²) in [5.74, 6) is -0.00453. The molecule has 0 saturated carbocycles. The van der Waals surface area contributed by atoms with Gasteiger partial charge in [-0.05, 0) is 48.7 Å². The molecule has 0 amide bonds. The van der Waals surface area contributed by atoms with Gasteiger partial charge in [0, 0.05) is 18.4 Å². The van der Waals surface area contributed by atoms with Gasteiger partial charge in [-0.3, -0.25) is 4.98 Å². The molecule has 112 valence electrons. The topological polar surface area (TPSA) is 34.1 Å². The fourth-order valence-electron chi connectivity index (χ4n) is 2.47. The van der Waals surface area contributed by atoms with Crippen LogP contribution in [0.4, 0.5) is 4.39 Å². The Morgan fingerprint density at radius 3 is 2.81 bits per heavy atom. The lowest BCUT2D eigenvalue weighted by Gasteiger charge is -2.20. The number of nitrogens with zero attached hydrogens (tertiary/aromatic N) is 1. The number of aryl methyl sites for hydroxylation is 1. The summed E-state index contributed by atoms with van der Waals surface area (Å²) >= 11 is 0. The Kier molecular flexibility index (Phi) is 5.28. The van der Waals surface area contributed by atoms with Gasteiger partial charge in [-0.2, -0.15) is 0 Å². The third kappa shape index (κ3) is 3.58. The van der Waals surface area contributed by atoms with E-state index in [9.17, 15) is 4.39 Å². The minimum Gasteiger partial charge on any atom is -0.494 e. The second-order valence-electron chi connectivity index (χ2n) is 4.98. The predicted octanol–water partition coefficient (Wildman–Crippen LogP) is 3.43. The summed E-state index contributed by atoms with van der Waals surface area (Å²) in [6, 6.07) is 7.26. The zero-order valence-corrected chi connectivity index (χ0v) is 12.7. The molecular weight excluding hydrogens is 267 g/mol. The molecule has 1 unspecified atom stereocenters. The van der Waals surface area contributed by atoms with E-state index in [1.165, 1.54) is 7.11 Å². The third-order valence-corrected chi connectivity index (χ3v) is 3.59. The fourth-order valence-corrected chi connectivity index (χ4v) is 2.47. The van der Waals surface area contributed by atoms with Crippen molar-refractivity contribution in [3.8, 4) is 5.75 Å². The Morgan fingerprint density at radius 1 is 1.33 bits per heavy atom. The highest BCUT2D eigenvalue weighted by molar-refractivity contribution is 5.34. The van der Waals surface area contributed by atoms with E-state index in [4.69, 9.17) is 4.74 Å². The van der Waals surface area contributed by atoms with E-state index in [1.54, 1.807) is 18.3 Å². The van der Waals surface area contributed by atoms with Crippen LogP contribution in [0, 0.1) is 12.7 Å². The highest BCUT2D eigenvalue weighted by Crippen LogP contribution is 2.26. The van der Waals surface area contributed by atoms with Crippen LogP contribution in [0.3, 0.4) is 0 Å². The maximum atomic E-state index is 14.3. The van der Waals surface area contributed by atoms with Gasteiger partial charge < -0.3 is 10.1 Å². The number of methoxy groups -OCH3 is 1. The van der Waals surface area contributed by atoms with Crippen molar-refractivity contribution in [3.05, 3.63) is 59.2 Å². The second kappa shape index (κ2) is 7.18. The van der Waals surface area contributed by atoms with Gasteiger partial charge in [0.25, 0.3) is 0 Å². The summed E-state index contributed by atoms with van der Waals surface area (Å²) in [6.45, 7) is 4.90. The number of likely N-dealkylation sites (N-methyl/N-ethyl adjacent to an activating group) is 1. The van der Waals surface area contributed by atoms with E-state index in [0.717, 1.165) is 17.7 Å². The highest BCUT2D eigenvalue weighted by Gasteiger charge is 2.17. The minimum absolute atomic E-state index is 0.0327. The molecule has 0 radical (unpaired) electrons. The molecule has 2 aromatic rings. The lowest BCUT2D eigenvalue weighted by Crippen LogP contribution is -2.24. The maximum absolute atomic E-state index is 14.3. The lowest BCUT2D eigenvalue weighted by molar-refractivity contribution is 0.382. The van der Waals surface area contributed by atoms with Gasteiger partial charge in [0.1, 0.15) is 0 Å². The first-order valence-corrected chi connectivity index (χ1v) is 7.12. The summed E-state index contributed by atoms with van der Waals surface area (Å²) in [5, 5.41) is 3.41. The molecule has 1 heterocycles. The normalized spacial score (nSPS) is 12.2. The number of hydrogen-bond donors (Lipinski definition) is 1. The number of benzene rings is 1. The van der Waals surface area contributed by atoms with Crippen molar-refractivity contribution >= 4 is 0 Å². The summed E-state index contributed by atoms with van der Waals surface area (Å²) < 4.78 is 19.4. The molecule has 0 spiro atoms. The Balaban J connectivity index is 2.31. The molecule has 0 aliphatic rings. The quantitative estimate of drug-likeness (QED) is 0.884. The van der Waals surface area contributed by atoms with Crippen LogP contribution in [0.1, 0.15) is 29.7 Å². The van der Waals surface area contributed by atoms with Gasteiger partial charge in [0.05, 0.1) is 7.11 Å². The highest BCUT2D eigenvalue weighted by atomic mass is 19.1. The van der Waals surface area contributed by atoms with E-state index in [-0.39, 0.29) is 17.6 Å². The molecule has 1 N–H and O–H groups in total. The van der Waals surface area contributed by atoms with Crippen molar-refractivity contribution in [2.45, 2.75) is 26.3 Å². The van der Waals surface area contributed by atoms with E-state index >= 15 is 0 Å². The maximum Gasteiger partial charge on any atom is 0.168 e. The van der Waals surface area contributed by atoms with E-state index in [1.807, 2.05) is 32.2 Å². The van der Waals surface area contributed by atoms with Crippen molar-refractivity contribution < 1.29 is 9.13 Å². The molecule has 3 nitrogen and oxygen atoms in total. The van der Waals surface area contributed by atoms with Crippen LogP contribution in [0.15, 0.2) is 36.7 Å². The van der Waals surface area contributed by atoms with Gasteiger partial charge in [-0.15, -0.1) is 0 Å². The van der Waals surface area contributed by atoms with Crippen LogP contribution in [-0.2, 0) is 6.42 Å². The number of hydrogen-bond acceptors (Lipinski definition) is 3. The largest absolute Gasteiger partial charge is 0.494 e. The molecule has 0 fully saturated rings. The Hall–Kier alpha value is -1.94. The van der Waals surface area contributed by atoms with E-state index < -0.39 is 0 Å². The molecule has 1 aromatic heterocycles. The van der Waals surface area contributed by atoms with Crippen LogP contribution in [0.5, 0.6) is 5.75 Å². The average molecular weight is 288 g/mol. The SMILES string of the molecule is CCNC(Cc1cccc(OC)c1F)c1cnccc1C. The van der Waals surface area contributed by atoms with Crippen molar-refractivity contribution in [3.63, 3.8) is 0 Å². The number of halogens is 1. The van der Waals surface area contributed by atoms with Crippen LogP contribution >= 0.6 is 0 Å². The number of nitrogens with one attached hydrogen (secondary N) is 1. The molecule has 2 rings (SSSR count). The minimum atomic E-state index is -0.288. The Labute approximate surface area is 125 Å². The number of pyridine rings is 1. The van der Waals surface area contributed by atoms with Crippen LogP contribution in [-0.4, -0.2) is 18.6 Å². The van der Waals surface area contributed by atoms with Gasteiger partial charge >= 0.3 is 0 Å². The molecule has 21 heavy (non-hydrogen) atoms. The predicted molar refractivity (Wildman–Crippen MR) is 82.0 cm³/mol. The van der Waals surface area contributed by atoms with Crippen molar-refractivity contribution in [1.29, 1.82) is 0 Å². The Morgan fingerprint density at radius 2 is 2.14 bits per heavy atom. The van der Waals surface area contributed by atoms with Crippen molar-refractivity contribution in [2.24, 2.45) is 0 Å². The molecule has 1 aromatic carbocycles. The summed E-state index contributed by atoms with van der Waals surface area (Å²) in [7, 11) is 1.48. The first kappa shape index (κ1) is 15.4. The van der Waals surface area contributed by atoms with Gasteiger partial charge in [0.15, 0.2) is 11.6 Å². The van der Waals surface area contributed by atoms with Gasteiger partial charge in [-0.1, -0.05) is 19.1 Å². The Bertz CT molecular complexity index is 601. The summed E-state index contributed by atoms with van der Waals surface area (Å²) in [5.41, 5.74) is 2.89. The molecule has 0 bridgehead atoms. The summed E-state index contributed by atoms with van der Waals surface area (Å²) in [6.07, 6.45) is 4.18. The number of aromatic nitrogens is 1. The zero-order valence-electron chi connectivity index (χ0n) is 12.7. The zero-order chi connectivity index (χ0) is 15.2. The number of ether oxygens (including phenoxy) is 1. The standard InChI is InChI=1S/C17H21FN2O/c1-4-20-15(14-11-19-9-8-12(14)2)10-13-6-5-7-16(21-3)17(13)18/h5-9,11,15,20H,4,10H2,1-3H3. The monoisotopic (exact) mass is 288 g/mol. The molecule has 0 saturated heterocycles. The smallest absolute Gasteiger partial charge is 0.168 e. The molecule has 4 heteroatoms. The van der Waals surface area contributed by atoms with Crippen LogP contribution < -0.4 is 10.1 Å². The van der Waals surface area contributed by atoms with Crippen molar-refractivity contribution in [2.75, 3.05) is 13.7 Å². The first-order chi connectivity index (χ1) is 10.2. The van der Waals surface area contributed by atoms with Gasteiger partial charge in [0.2, 0.25) is 0 Å². The second-order valence-corrected chi connectivity index (χ2v) is 4.98. The molecular formula is C17H21FN2O. The summed E-state index contributed by atoms with van der Waals surface area (Å²) in [4.78, 5) is 4.19. The molecule has 1 atom stereocenters. The van der Waals surface area contributed by atoms with E-state index in [0.29, 0.717) is 12.0 Å². The lowest BCUT2D eigenvalue weighted by atomic mass is 9.96. The fraction of sp³-hybridized carbons (Fsp3) is 0.353. The average Bonchev–Trinajstić information content (AvgIpc) is 2.49. The molecule has 0 aliphatic heterocycles. The molecule has 0 aliphatic carbocycles. The van der Waals surface area contributed by atoms with Gasteiger partial charge in [-0.25, -0.2) is 4.39 Å². The van der Waals surface area contributed by atoms with Crippen LogP contribution in [0.25, 0.3) is 0 Å². The number of rotatable bonds is 6. The first-order valence-electron chi connectivity index (χ1n) is 7.12. The van der Waals surface area contributed by atoms with Crippen LogP contribution in [0.2, 0.25) is 0 Å².